The van der Waals surface area contributed by atoms with E-state index in [2.05, 4.69) is 33.9 Å². The molecule has 0 aliphatic rings. The molecular formula is C14H21N3OS. The van der Waals surface area contributed by atoms with Gasteiger partial charge in [0.2, 0.25) is 5.95 Å². The van der Waals surface area contributed by atoms with Crippen molar-refractivity contribution in [1.82, 2.24) is 9.55 Å². The normalized spacial score (nSPS) is 10.8. The minimum atomic E-state index is 0.784. The van der Waals surface area contributed by atoms with Crippen LogP contribution in [0.5, 0.6) is 0 Å². The third-order valence-corrected chi connectivity index (χ3v) is 3.82. The van der Waals surface area contributed by atoms with Crippen LogP contribution >= 0.6 is 11.3 Å². The average molecular weight is 279 g/mol. The predicted molar refractivity (Wildman–Crippen MR) is 79.7 cm³/mol. The Balaban J connectivity index is 1.81. The summed E-state index contributed by atoms with van der Waals surface area (Å²) in [6.45, 7) is 7.51. The van der Waals surface area contributed by atoms with Gasteiger partial charge in [-0.25, -0.2) is 4.98 Å². The SMILES string of the molecule is CCOCCCn1ccnc1NCc1ccc(C)s1. The second-order valence-electron chi connectivity index (χ2n) is 4.36. The lowest BCUT2D eigenvalue weighted by atomic mass is 10.4. The lowest BCUT2D eigenvalue weighted by Crippen LogP contribution is -2.08. The molecule has 0 aromatic carbocycles. The first-order valence-electron chi connectivity index (χ1n) is 6.67. The van der Waals surface area contributed by atoms with E-state index in [0.717, 1.165) is 38.7 Å². The molecule has 0 spiro atoms. The van der Waals surface area contributed by atoms with Gasteiger partial charge in [0.05, 0.1) is 6.54 Å². The number of rotatable bonds is 8. The minimum absolute atomic E-state index is 0.784. The topological polar surface area (TPSA) is 39.1 Å². The molecule has 104 valence electrons. The second kappa shape index (κ2) is 7.31. The van der Waals surface area contributed by atoms with Gasteiger partial charge in [-0.15, -0.1) is 11.3 Å². The number of anilines is 1. The molecule has 0 radical (unpaired) electrons. The highest BCUT2D eigenvalue weighted by atomic mass is 32.1. The van der Waals surface area contributed by atoms with Crippen LogP contribution < -0.4 is 5.32 Å². The Morgan fingerprint density at radius 3 is 3.05 bits per heavy atom. The smallest absolute Gasteiger partial charge is 0.203 e. The number of hydrogen-bond acceptors (Lipinski definition) is 4. The number of aromatic nitrogens is 2. The largest absolute Gasteiger partial charge is 0.382 e. The molecule has 2 rings (SSSR count). The average Bonchev–Trinajstić information content (AvgIpc) is 3.01. The summed E-state index contributed by atoms with van der Waals surface area (Å²) < 4.78 is 7.49. The molecule has 0 saturated heterocycles. The van der Waals surface area contributed by atoms with E-state index in [1.807, 2.05) is 30.7 Å². The molecule has 0 unspecified atom stereocenters. The maximum atomic E-state index is 5.35. The van der Waals surface area contributed by atoms with Gasteiger partial charge in [-0.2, -0.15) is 0 Å². The van der Waals surface area contributed by atoms with Gasteiger partial charge in [0.25, 0.3) is 0 Å². The Hall–Kier alpha value is -1.33. The van der Waals surface area contributed by atoms with Crippen molar-refractivity contribution in [3.63, 3.8) is 0 Å². The van der Waals surface area contributed by atoms with Crippen molar-refractivity contribution in [2.75, 3.05) is 18.5 Å². The highest BCUT2D eigenvalue weighted by Crippen LogP contribution is 2.16. The number of nitrogens with one attached hydrogen (secondary N) is 1. The van der Waals surface area contributed by atoms with Gasteiger partial charge in [0.1, 0.15) is 0 Å². The molecule has 0 aliphatic carbocycles. The van der Waals surface area contributed by atoms with Crippen molar-refractivity contribution in [1.29, 1.82) is 0 Å². The first kappa shape index (κ1) is 14.1. The van der Waals surface area contributed by atoms with Crippen LogP contribution in [0, 0.1) is 6.92 Å². The van der Waals surface area contributed by atoms with Crippen LogP contribution in [0.4, 0.5) is 5.95 Å². The van der Waals surface area contributed by atoms with Crippen LogP contribution in [0.2, 0.25) is 0 Å². The third-order valence-electron chi connectivity index (χ3n) is 2.82. The fourth-order valence-electron chi connectivity index (χ4n) is 1.88. The Labute approximate surface area is 118 Å². The number of thiophene rings is 1. The highest BCUT2D eigenvalue weighted by molar-refractivity contribution is 7.11. The van der Waals surface area contributed by atoms with Crippen molar-refractivity contribution >= 4 is 17.3 Å². The number of hydrogen-bond donors (Lipinski definition) is 1. The summed E-state index contributed by atoms with van der Waals surface area (Å²) in [7, 11) is 0. The van der Waals surface area contributed by atoms with Gasteiger partial charge in [-0.05, 0) is 32.4 Å². The Kier molecular flexibility index (Phi) is 5.42. The molecule has 0 amide bonds. The summed E-state index contributed by atoms with van der Waals surface area (Å²) in [4.78, 5) is 7.03. The van der Waals surface area contributed by atoms with Crippen molar-refractivity contribution in [2.24, 2.45) is 0 Å². The van der Waals surface area contributed by atoms with E-state index in [9.17, 15) is 0 Å². The molecule has 4 nitrogen and oxygen atoms in total. The van der Waals surface area contributed by atoms with Crippen molar-refractivity contribution in [3.05, 3.63) is 34.3 Å². The zero-order chi connectivity index (χ0) is 13.5. The van der Waals surface area contributed by atoms with Gasteiger partial charge in [-0.1, -0.05) is 0 Å². The minimum Gasteiger partial charge on any atom is -0.382 e. The summed E-state index contributed by atoms with van der Waals surface area (Å²) in [5.74, 6) is 0.933. The van der Waals surface area contributed by atoms with Gasteiger partial charge in [0, 0.05) is 41.9 Å². The second-order valence-corrected chi connectivity index (χ2v) is 5.73. The third kappa shape index (κ3) is 4.36. The Morgan fingerprint density at radius 2 is 2.32 bits per heavy atom. The standard InChI is InChI=1S/C14H21N3OS/c1-3-18-10-4-8-17-9-7-15-14(17)16-11-13-6-5-12(2)19-13/h5-7,9H,3-4,8,10-11H2,1-2H3,(H,15,16). The van der Waals surface area contributed by atoms with E-state index >= 15 is 0 Å². The lowest BCUT2D eigenvalue weighted by molar-refractivity contribution is 0.142. The molecule has 2 heterocycles. The number of ether oxygens (including phenoxy) is 1. The van der Waals surface area contributed by atoms with Crippen LogP contribution in [0.3, 0.4) is 0 Å². The van der Waals surface area contributed by atoms with Crippen LogP contribution in [-0.4, -0.2) is 22.8 Å². The molecule has 19 heavy (non-hydrogen) atoms. The van der Waals surface area contributed by atoms with Crippen LogP contribution in [-0.2, 0) is 17.8 Å². The van der Waals surface area contributed by atoms with E-state index < -0.39 is 0 Å². The molecular weight excluding hydrogens is 258 g/mol. The monoisotopic (exact) mass is 279 g/mol. The van der Waals surface area contributed by atoms with Crippen LogP contribution in [0.15, 0.2) is 24.5 Å². The first-order valence-corrected chi connectivity index (χ1v) is 7.49. The van der Waals surface area contributed by atoms with Crippen LogP contribution in [0.25, 0.3) is 0 Å². The molecule has 2 aromatic heterocycles. The maximum absolute atomic E-state index is 5.35. The quantitative estimate of drug-likeness (QED) is 0.754. The molecule has 0 atom stereocenters. The van der Waals surface area contributed by atoms with E-state index in [1.54, 1.807) is 0 Å². The van der Waals surface area contributed by atoms with Gasteiger partial charge in [0.15, 0.2) is 0 Å². The van der Waals surface area contributed by atoms with E-state index in [0.29, 0.717) is 0 Å². The fourth-order valence-corrected chi connectivity index (χ4v) is 2.71. The lowest BCUT2D eigenvalue weighted by Gasteiger charge is -2.09. The Morgan fingerprint density at radius 1 is 1.42 bits per heavy atom. The van der Waals surface area contributed by atoms with Gasteiger partial charge in [-0.3, -0.25) is 0 Å². The van der Waals surface area contributed by atoms with Crippen molar-refractivity contribution < 1.29 is 4.74 Å². The number of aryl methyl sites for hydroxylation is 2. The summed E-state index contributed by atoms with van der Waals surface area (Å²) >= 11 is 1.82. The molecule has 0 fully saturated rings. The highest BCUT2D eigenvalue weighted by Gasteiger charge is 2.03. The summed E-state index contributed by atoms with van der Waals surface area (Å²) in [6.07, 6.45) is 4.85. The fraction of sp³-hybridized carbons (Fsp3) is 0.500. The molecule has 0 bridgehead atoms. The molecule has 0 saturated carbocycles. The zero-order valence-electron chi connectivity index (χ0n) is 11.6. The van der Waals surface area contributed by atoms with Gasteiger partial charge >= 0.3 is 0 Å². The number of nitrogens with zero attached hydrogens (tertiary/aromatic N) is 2. The maximum Gasteiger partial charge on any atom is 0.203 e. The molecule has 5 heteroatoms. The summed E-state index contributed by atoms with van der Waals surface area (Å²) in [5, 5.41) is 3.39. The van der Waals surface area contributed by atoms with E-state index in [1.165, 1.54) is 9.75 Å². The first-order chi connectivity index (χ1) is 9.29. The summed E-state index contributed by atoms with van der Waals surface area (Å²) in [6, 6.07) is 4.31. The van der Waals surface area contributed by atoms with E-state index in [4.69, 9.17) is 4.74 Å². The van der Waals surface area contributed by atoms with E-state index in [-0.39, 0.29) is 0 Å². The molecule has 1 N–H and O–H groups in total. The van der Waals surface area contributed by atoms with Gasteiger partial charge < -0.3 is 14.6 Å². The van der Waals surface area contributed by atoms with Crippen molar-refractivity contribution in [3.8, 4) is 0 Å². The molecule has 0 aliphatic heterocycles. The predicted octanol–water partition coefficient (Wildman–Crippen LogP) is 3.29. The Bertz CT molecular complexity index is 492. The van der Waals surface area contributed by atoms with Crippen LogP contribution in [0.1, 0.15) is 23.1 Å². The number of imidazole rings is 1. The zero-order valence-corrected chi connectivity index (χ0v) is 12.4. The summed E-state index contributed by atoms with van der Waals surface area (Å²) in [5.41, 5.74) is 0. The van der Waals surface area contributed by atoms with Crippen molar-refractivity contribution in [2.45, 2.75) is 33.4 Å². The molecule has 2 aromatic rings.